The lowest BCUT2D eigenvalue weighted by molar-refractivity contribution is -0.0583. The molecule has 0 amide bonds. The van der Waals surface area contributed by atoms with Gasteiger partial charge in [0, 0.05) is 32.0 Å². The van der Waals surface area contributed by atoms with Crippen LogP contribution in [-0.4, -0.2) is 64.8 Å². The number of rotatable bonds is 8. The largest absolute Gasteiger partial charge is 0.389 e. The van der Waals surface area contributed by atoms with Crippen LogP contribution in [0.15, 0.2) is 48.8 Å². The molecule has 130 valence electrons. The first-order chi connectivity index (χ1) is 11.8. The number of aromatic nitrogens is 2. The van der Waals surface area contributed by atoms with Gasteiger partial charge in [0.2, 0.25) is 0 Å². The average molecular weight is 331 g/mol. The molecule has 0 unspecified atom stereocenters. The Morgan fingerprint density at radius 2 is 2.17 bits per heavy atom. The standard InChI is InChI=1S/C18H25N3O3/c22-17(15-23-14-16-5-2-1-3-6-16)11-20-9-10-24-18(12-20)13-21-8-4-7-19-21/h1-8,17-18,22H,9-15H2/t17-,18+/m0/s1. The number of morpholine rings is 1. The Bertz CT molecular complexity index is 576. The van der Waals surface area contributed by atoms with Crippen molar-refractivity contribution in [1.29, 1.82) is 0 Å². The summed E-state index contributed by atoms with van der Waals surface area (Å²) in [4.78, 5) is 2.23. The Labute approximate surface area is 142 Å². The highest BCUT2D eigenvalue weighted by atomic mass is 16.5. The average Bonchev–Trinajstić information content (AvgIpc) is 3.09. The van der Waals surface area contributed by atoms with Crippen molar-refractivity contribution in [2.45, 2.75) is 25.4 Å². The molecule has 1 N–H and O–H groups in total. The Kier molecular flexibility index (Phi) is 6.37. The smallest absolute Gasteiger partial charge is 0.0900 e. The van der Waals surface area contributed by atoms with Crippen LogP contribution in [0.4, 0.5) is 0 Å². The van der Waals surface area contributed by atoms with Gasteiger partial charge in [-0.2, -0.15) is 5.10 Å². The minimum absolute atomic E-state index is 0.107. The second kappa shape index (κ2) is 8.94. The Hall–Kier alpha value is -1.73. The monoisotopic (exact) mass is 331 g/mol. The molecule has 24 heavy (non-hydrogen) atoms. The van der Waals surface area contributed by atoms with Gasteiger partial charge in [0.15, 0.2) is 0 Å². The molecule has 0 aliphatic carbocycles. The van der Waals surface area contributed by atoms with Gasteiger partial charge in [-0.3, -0.25) is 9.58 Å². The van der Waals surface area contributed by atoms with Gasteiger partial charge >= 0.3 is 0 Å². The molecule has 2 heterocycles. The summed E-state index contributed by atoms with van der Waals surface area (Å²) in [5.74, 6) is 0. The van der Waals surface area contributed by atoms with Crippen LogP contribution in [-0.2, 0) is 22.6 Å². The Morgan fingerprint density at radius 3 is 2.96 bits per heavy atom. The van der Waals surface area contributed by atoms with E-state index in [0.29, 0.717) is 26.4 Å². The van der Waals surface area contributed by atoms with Crippen LogP contribution in [0.25, 0.3) is 0 Å². The number of ether oxygens (including phenoxy) is 2. The maximum atomic E-state index is 10.2. The van der Waals surface area contributed by atoms with Crippen molar-refractivity contribution in [1.82, 2.24) is 14.7 Å². The van der Waals surface area contributed by atoms with E-state index >= 15 is 0 Å². The number of hydrogen-bond acceptors (Lipinski definition) is 5. The van der Waals surface area contributed by atoms with Gasteiger partial charge in [-0.25, -0.2) is 0 Å². The molecular formula is C18H25N3O3. The highest BCUT2D eigenvalue weighted by Gasteiger charge is 2.22. The number of hydrogen-bond donors (Lipinski definition) is 1. The SMILES string of the molecule is O[C@H](COCc1ccccc1)CN1CCO[C@@H](Cn2cccn2)C1. The fourth-order valence-corrected chi connectivity index (χ4v) is 2.91. The van der Waals surface area contributed by atoms with Gasteiger partial charge in [0.25, 0.3) is 0 Å². The third kappa shape index (κ3) is 5.42. The molecule has 3 rings (SSSR count). The third-order valence-electron chi connectivity index (χ3n) is 4.06. The predicted molar refractivity (Wildman–Crippen MR) is 90.5 cm³/mol. The van der Waals surface area contributed by atoms with E-state index in [1.165, 1.54) is 0 Å². The van der Waals surface area contributed by atoms with E-state index in [0.717, 1.165) is 25.2 Å². The molecule has 0 saturated carbocycles. The van der Waals surface area contributed by atoms with Crippen LogP contribution < -0.4 is 0 Å². The molecule has 0 bridgehead atoms. The fraction of sp³-hybridized carbons (Fsp3) is 0.500. The van der Waals surface area contributed by atoms with Crippen LogP contribution in [0.2, 0.25) is 0 Å². The van der Waals surface area contributed by atoms with Crippen LogP contribution in [0, 0.1) is 0 Å². The predicted octanol–water partition coefficient (Wildman–Crippen LogP) is 1.16. The molecular weight excluding hydrogens is 306 g/mol. The summed E-state index contributed by atoms with van der Waals surface area (Å²) in [6.45, 7) is 4.54. The van der Waals surface area contributed by atoms with Crippen molar-refractivity contribution < 1.29 is 14.6 Å². The van der Waals surface area contributed by atoms with E-state index in [-0.39, 0.29) is 6.10 Å². The zero-order chi connectivity index (χ0) is 16.6. The van der Waals surface area contributed by atoms with E-state index in [1.807, 2.05) is 47.3 Å². The summed E-state index contributed by atoms with van der Waals surface area (Å²) in [6.07, 6.45) is 3.33. The van der Waals surface area contributed by atoms with Gasteiger partial charge in [-0.1, -0.05) is 30.3 Å². The normalized spacial score (nSPS) is 20.1. The van der Waals surface area contributed by atoms with Crippen molar-refractivity contribution in [3.05, 3.63) is 54.4 Å². The van der Waals surface area contributed by atoms with Crippen molar-refractivity contribution >= 4 is 0 Å². The topological polar surface area (TPSA) is 59.8 Å². The molecule has 0 radical (unpaired) electrons. The van der Waals surface area contributed by atoms with Crippen molar-refractivity contribution in [3.8, 4) is 0 Å². The van der Waals surface area contributed by atoms with Crippen molar-refractivity contribution in [2.75, 3.05) is 32.8 Å². The molecule has 0 spiro atoms. The lowest BCUT2D eigenvalue weighted by Gasteiger charge is -2.34. The van der Waals surface area contributed by atoms with E-state index in [9.17, 15) is 5.11 Å². The first-order valence-corrected chi connectivity index (χ1v) is 8.41. The van der Waals surface area contributed by atoms with Gasteiger partial charge in [-0.15, -0.1) is 0 Å². The lowest BCUT2D eigenvalue weighted by atomic mass is 10.2. The first-order valence-electron chi connectivity index (χ1n) is 8.41. The molecule has 1 fully saturated rings. The molecule has 6 nitrogen and oxygen atoms in total. The molecule has 2 aromatic rings. The quantitative estimate of drug-likeness (QED) is 0.787. The minimum atomic E-state index is -0.489. The molecule has 2 atom stereocenters. The number of aliphatic hydroxyl groups is 1. The van der Waals surface area contributed by atoms with E-state index in [4.69, 9.17) is 9.47 Å². The second-order valence-corrected chi connectivity index (χ2v) is 6.14. The summed E-state index contributed by atoms with van der Waals surface area (Å²) >= 11 is 0. The minimum Gasteiger partial charge on any atom is -0.389 e. The maximum Gasteiger partial charge on any atom is 0.0900 e. The zero-order valence-corrected chi connectivity index (χ0v) is 13.8. The maximum absolute atomic E-state index is 10.2. The Morgan fingerprint density at radius 1 is 1.29 bits per heavy atom. The summed E-state index contributed by atoms with van der Waals surface area (Å²) in [5, 5.41) is 14.4. The highest BCUT2D eigenvalue weighted by molar-refractivity contribution is 5.13. The van der Waals surface area contributed by atoms with Gasteiger partial charge in [0.05, 0.1) is 38.6 Å². The van der Waals surface area contributed by atoms with E-state index < -0.39 is 6.10 Å². The molecule has 1 aliphatic heterocycles. The van der Waals surface area contributed by atoms with Crippen LogP contribution in [0.5, 0.6) is 0 Å². The lowest BCUT2D eigenvalue weighted by Crippen LogP contribution is -2.47. The van der Waals surface area contributed by atoms with Gasteiger partial charge < -0.3 is 14.6 Å². The van der Waals surface area contributed by atoms with Crippen LogP contribution >= 0.6 is 0 Å². The second-order valence-electron chi connectivity index (χ2n) is 6.14. The van der Waals surface area contributed by atoms with Crippen LogP contribution in [0.3, 0.4) is 0 Å². The first kappa shape index (κ1) is 17.1. The van der Waals surface area contributed by atoms with Crippen molar-refractivity contribution in [2.24, 2.45) is 0 Å². The number of benzene rings is 1. The molecule has 6 heteroatoms. The summed E-state index contributed by atoms with van der Waals surface area (Å²) in [5.41, 5.74) is 1.12. The molecule has 1 saturated heterocycles. The van der Waals surface area contributed by atoms with E-state index in [2.05, 4.69) is 10.00 Å². The van der Waals surface area contributed by atoms with Crippen LogP contribution in [0.1, 0.15) is 5.56 Å². The summed E-state index contributed by atoms with van der Waals surface area (Å²) < 4.78 is 13.3. The highest BCUT2D eigenvalue weighted by Crippen LogP contribution is 2.09. The third-order valence-corrected chi connectivity index (χ3v) is 4.06. The Balaban J connectivity index is 1.36. The number of aliphatic hydroxyl groups excluding tert-OH is 1. The number of nitrogens with zero attached hydrogens (tertiary/aromatic N) is 3. The fourth-order valence-electron chi connectivity index (χ4n) is 2.91. The number of β-amino-alcohol motifs (C(OH)–C–C–N with tert-alkyl or cyclic N) is 1. The van der Waals surface area contributed by atoms with Gasteiger partial charge in [-0.05, 0) is 11.6 Å². The van der Waals surface area contributed by atoms with Gasteiger partial charge in [0.1, 0.15) is 0 Å². The zero-order valence-electron chi connectivity index (χ0n) is 13.8. The van der Waals surface area contributed by atoms with E-state index in [1.54, 1.807) is 6.20 Å². The summed E-state index contributed by atoms with van der Waals surface area (Å²) in [7, 11) is 0. The molecule has 1 aromatic carbocycles. The summed E-state index contributed by atoms with van der Waals surface area (Å²) in [6, 6.07) is 11.9. The molecule has 1 aliphatic rings. The van der Waals surface area contributed by atoms with Crippen molar-refractivity contribution in [3.63, 3.8) is 0 Å². The molecule has 1 aromatic heterocycles.